The zero-order valence-corrected chi connectivity index (χ0v) is 11.7. The molecule has 1 amide bonds. The fourth-order valence-corrected chi connectivity index (χ4v) is 2.30. The first kappa shape index (κ1) is 13.3. The Morgan fingerprint density at radius 2 is 2.10 bits per heavy atom. The van der Waals surface area contributed by atoms with Gasteiger partial charge in [-0.15, -0.1) is 0 Å². The number of halogens is 1. The minimum absolute atomic E-state index is 0.323. The number of fused-ring (bicyclic) bond motifs is 1. The molecule has 0 saturated heterocycles. The van der Waals surface area contributed by atoms with Gasteiger partial charge in [-0.1, -0.05) is 6.07 Å². The molecule has 0 radical (unpaired) electrons. The van der Waals surface area contributed by atoms with Gasteiger partial charge in [-0.3, -0.25) is 4.79 Å². The van der Waals surface area contributed by atoms with E-state index in [0.29, 0.717) is 11.3 Å². The average Bonchev–Trinajstić information content (AvgIpc) is 2.93. The molecule has 0 saturated carbocycles. The van der Waals surface area contributed by atoms with Crippen molar-refractivity contribution in [2.75, 3.05) is 5.32 Å². The van der Waals surface area contributed by atoms with Crippen molar-refractivity contribution in [3.63, 3.8) is 0 Å². The summed E-state index contributed by atoms with van der Waals surface area (Å²) >= 11 is 0. The maximum atomic E-state index is 13.3. The Kier molecular flexibility index (Phi) is 3.17. The number of nitrogens with zero attached hydrogens (tertiary/aromatic N) is 1. The Balaban J connectivity index is 1.96. The summed E-state index contributed by atoms with van der Waals surface area (Å²) in [5.41, 5.74) is 3.36. The van der Waals surface area contributed by atoms with Crippen LogP contribution in [0.1, 0.15) is 21.5 Å². The molecule has 0 unspecified atom stereocenters. The van der Waals surface area contributed by atoms with Crippen LogP contribution in [0.15, 0.2) is 36.7 Å². The van der Waals surface area contributed by atoms with E-state index in [4.69, 9.17) is 0 Å². The third kappa shape index (κ3) is 2.38. The molecule has 2 N–H and O–H groups in total. The molecular weight excluding hydrogens is 269 g/mol. The molecule has 5 heteroatoms. The average molecular weight is 283 g/mol. The van der Waals surface area contributed by atoms with E-state index in [1.54, 1.807) is 25.4 Å². The zero-order chi connectivity index (χ0) is 15.0. The van der Waals surface area contributed by atoms with E-state index < -0.39 is 5.82 Å². The second-order valence-corrected chi connectivity index (χ2v) is 4.95. The number of hydrogen-bond donors (Lipinski definition) is 2. The fourth-order valence-electron chi connectivity index (χ4n) is 2.30. The van der Waals surface area contributed by atoms with Crippen LogP contribution in [-0.2, 0) is 0 Å². The molecule has 2 heterocycles. The standard InChI is InChI=1S/C16H14FN3O/c1-9-3-4-11(17)7-13(9)16(21)20-14-8-19-15-12(10(14)2)5-6-18-15/h3-8H,1-2H3,(H,18,19)(H,20,21). The molecule has 3 aromatic rings. The van der Waals surface area contributed by atoms with Crippen molar-refractivity contribution >= 4 is 22.6 Å². The van der Waals surface area contributed by atoms with Gasteiger partial charge in [-0.05, 0) is 43.2 Å². The Labute approximate surface area is 121 Å². The number of aromatic nitrogens is 2. The topological polar surface area (TPSA) is 57.8 Å². The van der Waals surface area contributed by atoms with E-state index in [1.165, 1.54) is 12.1 Å². The molecule has 0 spiro atoms. The minimum Gasteiger partial charge on any atom is -0.346 e. The third-order valence-corrected chi connectivity index (χ3v) is 3.55. The van der Waals surface area contributed by atoms with Crippen molar-refractivity contribution in [2.45, 2.75) is 13.8 Å². The van der Waals surface area contributed by atoms with Gasteiger partial charge in [0, 0.05) is 17.1 Å². The Bertz CT molecular complexity index is 839. The Hall–Kier alpha value is -2.69. The van der Waals surface area contributed by atoms with E-state index in [-0.39, 0.29) is 5.91 Å². The molecule has 106 valence electrons. The first-order valence-electron chi connectivity index (χ1n) is 6.56. The van der Waals surface area contributed by atoms with Crippen LogP contribution in [0.5, 0.6) is 0 Å². The number of hydrogen-bond acceptors (Lipinski definition) is 2. The van der Waals surface area contributed by atoms with Gasteiger partial charge in [-0.25, -0.2) is 9.37 Å². The van der Waals surface area contributed by atoms with Gasteiger partial charge in [0.25, 0.3) is 5.91 Å². The lowest BCUT2D eigenvalue weighted by molar-refractivity contribution is 0.102. The van der Waals surface area contributed by atoms with Crippen molar-refractivity contribution in [3.05, 3.63) is 59.2 Å². The van der Waals surface area contributed by atoms with Crippen LogP contribution < -0.4 is 5.32 Å². The predicted octanol–water partition coefficient (Wildman–Crippen LogP) is 3.57. The van der Waals surface area contributed by atoms with Crippen LogP contribution in [0.25, 0.3) is 11.0 Å². The molecular formula is C16H14FN3O. The number of carbonyl (C=O) groups excluding carboxylic acids is 1. The van der Waals surface area contributed by atoms with Crippen molar-refractivity contribution < 1.29 is 9.18 Å². The smallest absolute Gasteiger partial charge is 0.256 e. The number of amides is 1. The summed E-state index contributed by atoms with van der Waals surface area (Å²) in [6.07, 6.45) is 3.40. The van der Waals surface area contributed by atoms with E-state index in [0.717, 1.165) is 22.2 Å². The number of carbonyl (C=O) groups is 1. The van der Waals surface area contributed by atoms with Crippen LogP contribution in [0, 0.1) is 19.7 Å². The van der Waals surface area contributed by atoms with E-state index in [1.807, 2.05) is 13.0 Å². The quantitative estimate of drug-likeness (QED) is 0.755. The molecule has 2 aromatic heterocycles. The van der Waals surface area contributed by atoms with Gasteiger partial charge in [0.15, 0.2) is 0 Å². The Morgan fingerprint density at radius 3 is 2.90 bits per heavy atom. The molecule has 0 fully saturated rings. The van der Waals surface area contributed by atoms with Gasteiger partial charge >= 0.3 is 0 Å². The monoisotopic (exact) mass is 283 g/mol. The number of H-pyrrole nitrogens is 1. The number of aryl methyl sites for hydroxylation is 2. The largest absolute Gasteiger partial charge is 0.346 e. The van der Waals surface area contributed by atoms with Crippen LogP contribution in [-0.4, -0.2) is 15.9 Å². The maximum Gasteiger partial charge on any atom is 0.256 e. The molecule has 0 aliphatic rings. The highest BCUT2D eigenvalue weighted by Gasteiger charge is 2.13. The Morgan fingerprint density at radius 1 is 1.29 bits per heavy atom. The highest BCUT2D eigenvalue weighted by atomic mass is 19.1. The van der Waals surface area contributed by atoms with Crippen molar-refractivity contribution in [1.29, 1.82) is 0 Å². The summed E-state index contributed by atoms with van der Waals surface area (Å²) in [6, 6.07) is 6.07. The molecule has 0 aliphatic carbocycles. The number of aromatic amines is 1. The van der Waals surface area contributed by atoms with Gasteiger partial charge < -0.3 is 10.3 Å². The lowest BCUT2D eigenvalue weighted by Crippen LogP contribution is -2.14. The maximum absolute atomic E-state index is 13.3. The van der Waals surface area contributed by atoms with Gasteiger partial charge in [-0.2, -0.15) is 0 Å². The molecule has 0 atom stereocenters. The molecule has 0 aliphatic heterocycles. The SMILES string of the molecule is Cc1ccc(F)cc1C(=O)Nc1cnc2[nH]ccc2c1C. The highest BCUT2D eigenvalue weighted by molar-refractivity contribution is 6.06. The first-order chi connectivity index (χ1) is 10.1. The summed E-state index contributed by atoms with van der Waals surface area (Å²) < 4.78 is 13.3. The van der Waals surface area contributed by atoms with E-state index in [2.05, 4.69) is 15.3 Å². The highest BCUT2D eigenvalue weighted by Crippen LogP contribution is 2.23. The number of pyridine rings is 1. The van der Waals surface area contributed by atoms with Crippen molar-refractivity contribution in [3.8, 4) is 0 Å². The number of benzene rings is 1. The van der Waals surface area contributed by atoms with Crippen LogP contribution in [0.4, 0.5) is 10.1 Å². The fraction of sp³-hybridized carbons (Fsp3) is 0.125. The van der Waals surface area contributed by atoms with Crippen LogP contribution in [0.3, 0.4) is 0 Å². The first-order valence-corrected chi connectivity index (χ1v) is 6.56. The van der Waals surface area contributed by atoms with Gasteiger partial charge in [0.2, 0.25) is 0 Å². The van der Waals surface area contributed by atoms with E-state index in [9.17, 15) is 9.18 Å². The normalized spacial score (nSPS) is 10.8. The summed E-state index contributed by atoms with van der Waals surface area (Å²) in [4.78, 5) is 19.6. The lowest BCUT2D eigenvalue weighted by Gasteiger charge is -2.10. The van der Waals surface area contributed by atoms with Gasteiger partial charge in [0.05, 0.1) is 11.9 Å². The van der Waals surface area contributed by atoms with Crippen LogP contribution in [0.2, 0.25) is 0 Å². The summed E-state index contributed by atoms with van der Waals surface area (Å²) in [7, 11) is 0. The molecule has 21 heavy (non-hydrogen) atoms. The molecule has 0 bridgehead atoms. The molecule has 1 aromatic carbocycles. The molecule has 3 rings (SSSR count). The number of anilines is 1. The van der Waals surface area contributed by atoms with Gasteiger partial charge in [0.1, 0.15) is 11.5 Å². The zero-order valence-electron chi connectivity index (χ0n) is 11.7. The van der Waals surface area contributed by atoms with E-state index >= 15 is 0 Å². The lowest BCUT2D eigenvalue weighted by atomic mass is 10.1. The predicted molar refractivity (Wildman–Crippen MR) is 79.9 cm³/mol. The minimum atomic E-state index is -0.429. The van der Waals surface area contributed by atoms with Crippen molar-refractivity contribution in [1.82, 2.24) is 9.97 Å². The van der Waals surface area contributed by atoms with Crippen LogP contribution >= 0.6 is 0 Å². The van der Waals surface area contributed by atoms with Crippen molar-refractivity contribution in [2.24, 2.45) is 0 Å². The third-order valence-electron chi connectivity index (χ3n) is 3.55. The summed E-state index contributed by atoms with van der Waals surface area (Å²) in [6.45, 7) is 3.68. The molecule has 4 nitrogen and oxygen atoms in total. The number of rotatable bonds is 2. The number of nitrogens with one attached hydrogen (secondary N) is 2. The second-order valence-electron chi connectivity index (χ2n) is 4.95. The summed E-state index contributed by atoms with van der Waals surface area (Å²) in [5, 5.41) is 3.74. The summed E-state index contributed by atoms with van der Waals surface area (Å²) in [5.74, 6) is -0.770. The second kappa shape index (κ2) is 5.01.